The highest BCUT2D eigenvalue weighted by Gasteiger charge is 2.19. The molecular weight excluding hydrogens is 400 g/mol. The van der Waals surface area contributed by atoms with Crippen LogP contribution in [-0.2, 0) is 23.1 Å². The van der Waals surface area contributed by atoms with Crippen LogP contribution >= 0.6 is 11.8 Å². The van der Waals surface area contributed by atoms with Crippen LogP contribution in [0.15, 0.2) is 46.5 Å². The Bertz CT molecular complexity index is 1080. The van der Waals surface area contributed by atoms with E-state index >= 15 is 0 Å². The number of aryl methyl sites for hydroxylation is 1. The minimum absolute atomic E-state index is 0.0710. The van der Waals surface area contributed by atoms with E-state index in [2.05, 4.69) is 5.32 Å². The van der Waals surface area contributed by atoms with Crippen molar-refractivity contribution in [1.82, 2.24) is 19.4 Å². The number of rotatable bonds is 9. The van der Waals surface area contributed by atoms with Crippen molar-refractivity contribution in [3.05, 3.63) is 46.9 Å². The lowest BCUT2D eigenvalue weighted by Gasteiger charge is -2.14. The van der Waals surface area contributed by atoms with Gasteiger partial charge in [0.1, 0.15) is 11.0 Å². The Balaban J connectivity index is 2.05. The molecule has 0 radical (unpaired) electrons. The summed E-state index contributed by atoms with van der Waals surface area (Å²) in [4.78, 5) is 30.4. The van der Waals surface area contributed by atoms with Crippen molar-refractivity contribution in [1.29, 1.82) is 0 Å². The van der Waals surface area contributed by atoms with Crippen molar-refractivity contribution < 1.29 is 9.53 Å². The monoisotopic (exact) mass is 428 g/mol. The van der Waals surface area contributed by atoms with Gasteiger partial charge in [-0.05, 0) is 18.9 Å². The molecule has 0 saturated carbocycles. The fourth-order valence-electron chi connectivity index (χ4n) is 3.22. The van der Waals surface area contributed by atoms with Crippen LogP contribution in [-0.4, -0.2) is 45.5 Å². The number of fused-ring (bicyclic) bond motifs is 1. The lowest BCUT2D eigenvalue weighted by molar-refractivity contribution is -0.119. The van der Waals surface area contributed by atoms with Gasteiger partial charge >= 0.3 is 0 Å². The molecule has 1 N–H and O–H groups in total. The maximum atomic E-state index is 13.3. The van der Waals surface area contributed by atoms with E-state index in [9.17, 15) is 9.59 Å². The van der Waals surface area contributed by atoms with Crippen LogP contribution < -0.4 is 10.9 Å². The highest BCUT2D eigenvalue weighted by atomic mass is 32.2. The van der Waals surface area contributed by atoms with Gasteiger partial charge in [-0.1, -0.05) is 49.0 Å². The fourth-order valence-corrected chi connectivity index (χ4v) is 4.05. The molecule has 0 unspecified atom stereocenters. The number of nitrogens with zero attached hydrogens (tertiary/aromatic N) is 3. The van der Waals surface area contributed by atoms with Gasteiger partial charge in [-0.2, -0.15) is 0 Å². The molecule has 0 saturated heterocycles. The first-order valence-corrected chi connectivity index (χ1v) is 11.0. The largest absolute Gasteiger partial charge is 0.383 e. The van der Waals surface area contributed by atoms with Crippen LogP contribution in [0.4, 0.5) is 0 Å². The van der Waals surface area contributed by atoms with Crippen LogP contribution in [0, 0.1) is 0 Å². The van der Waals surface area contributed by atoms with Gasteiger partial charge in [0, 0.05) is 32.0 Å². The zero-order chi connectivity index (χ0) is 21.7. The Kier molecular flexibility index (Phi) is 7.33. The second kappa shape index (κ2) is 9.95. The number of methoxy groups -OCH3 is 1. The van der Waals surface area contributed by atoms with Crippen molar-refractivity contribution in [2.24, 2.45) is 7.05 Å². The predicted octanol–water partition coefficient (Wildman–Crippen LogP) is 3.06. The lowest BCUT2D eigenvalue weighted by Crippen LogP contribution is -2.33. The van der Waals surface area contributed by atoms with Gasteiger partial charge in [0.25, 0.3) is 5.56 Å². The van der Waals surface area contributed by atoms with E-state index in [0.29, 0.717) is 29.3 Å². The van der Waals surface area contributed by atoms with Crippen LogP contribution in [0.5, 0.6) is 0 Å². The Morgan fingerprint density at radius 3 is 2.70 bits per heavy atom. The average Bonchev–Trinajstić information content (AvgIpc) is 3.08. The van der Waals surface area contributed by atoms with Gasteiger partial charge in [0.2, 0.25) is 5.91 Å². The van der Waals surface area contributed by atoms with Crippen molar-refractivity contribution >= 4 is 28.7 Å². The molecule has 0 fully saturated rings. The normalized spacial score (nSPS) is 12.3. The number of ether oxygens (including phenoxy) is 1. The molecule has 0 bridgehead atoms. The third-order valence-electron chi connectivity index (χ3n) is 5.00. The summed E-state index contributed by atoms with van der Waals surface area (Å²) in [5, 5.41) is 3.47. The third kappa shape index (κ3) is 4.76. The van der Waals surface area contributed by atoms with Gasteiger partial charge < -0.3 is 14.6 Å². The molecule has 0 aliphatic heterocycles. The van der Waals surface area contributed by atoms with Crippen LogP contribution in [0.1, 0.15) is 20.3 Å². The molecule has 2 heterocycles. The minimum Gasteiger partial charge on any atom is -0.383 e. The molecule has 1 atom stereocenters. The molecular formula is C22H28N4O3S. The molecule has 3 aromatic rings. The number of hydrogen-bond acceptors (Lipinski definition) is 5. The Hall–Kier alpha value is -2.58. The summed E-state index contributed by atoms with van der Waals surface area (Å²) < 4.78 is 8.60. The third-order valence-corrected chi connectivity index (χ3v) is 5.97. The first-order chi connectivity index (χ1) is 14.5. The summed E-state index contributed by atoms with van der Waals surface area (Å²) in [7, 11) is 3.45. The topological polar surface area (TPSA) is 78.2 Å². The average molecular weight is 429 g/mol. The number of aromatic nitrogens is 3. The molecule has 1 aromatic carbocycles. The van der Waals surface area contributed by atoms with Crippen molar-refractivity contribution in [2.45, 2.75) is 38.0 Å². The highest BCUT2D eigenvalue weighted by molar-refractivity contribution is 7.99. The zero-order valence-corrected chi connectivity index (χ0v) is 18.7. The van der Waals surface area contributed by atoms with E-state index in [1.165, 1.54) is 11.8 Å². The molecule has 1 amide bonds. The molecule has 30 heavy (non-hydrogen) atoms. The number of carbonyl (C=O) groups is 1. The molecule has 2 aromatic heterocycles. The summed E-state index contributed by atoms with van der Waals surface area (Å²) >= 11 is 1.28. The first kappa shape index (κ1) is 22.1. The maximum Gasteiger partial charge on any atom is 0.278 e. The molecule has 0 spiro atoms. The molecule has 7 nitrogen and oxygen atoms in total. The number of amides is 1. The van der Waals surface area contributed by atoms with Gasteiger partial charge in [0.05, 0.1) is 18.9 Å². The van der Waals surface area contributed by atoms with E-state index in [0.717, 1.165) is 17.5 Å². The summed E-state index contributed by atoms with van der Waals surface area (Å²) in [6.45, 7) is 4.75. The number of hydrogen-bond donors (Lipinski definition) is 1. The number of benzene rings is 1. The SMILES string of the molecule is CC[C@@H](C)NC(=O)CSc1nc2c(-c3ccccc3)cn(C)c2c(=O)n1CCOC. The van der Waals surface area contributed by atoms with Gasteiger partial charge in [-0.3, -0.25) is 14.2 Å². The Morgan fingerprint density at radius 1 is 1.30 bits per heavy atom. The molecule has 0 aliphatic carbocycles. The highest BCUT2D eigenvalue weighted by Crippen LogP contribution is 2.29. The van der Waals surface area contributed by atoms with E-state index in [1.807, 2.05) is 62.0 Å². The minimum atomic E-state index is -0.133. The fraction of sp³-hybridized carbons (Fsp3) is 0.409. The molecule has 160 valence electrons. The Morgan fingerprint density at radius 2 is 2.03 bits per heavy atom. The molecule has 0 aliphatic rings. The van der Waals surface area contributed by atoms with E-state index in [1.54, 1.807) is 11.7 Å². The van der Waals surface area contributed by atoms with E-state index in [4.69, 9.17) is 9.72 Å². The summed E-state index contributed by atoms with van der Waals surface area (Å²) in [5.41, 5.74) is 2.95. The smallest absolute Gasteiger partial charge is 0.278 e. The van der Waals surface area contributed by atoms with E-state index < -0.39 is 0 Å². The van der Waals surface area contributed by atoms with Crippen LogP contribution in [0.3, 0.4) is 0 Å². The maximum absolute atomic E-state index is 13.3. The quantitative estimate of drug-likeness (QED) is 0.419. The van der Waals surface area contributed by atoms with Crippen LogP contribution in [0.25, 0.3) is 22.2 Å². The standard InChI is InChI=1S/C22H28N4O3S/c1-5-15(2)23-18(27)14-30-22-24-19-17(16-9-7-6-8-10-16)13-25(3)20(19)21(28)26(22)11-12-29-4/h6-10,13,15H,5,11-12,14H2,1-4H3,(H,23,27)/t15-/m1/s1. The van der Waals surface area contributed by atoms with Gasteiger partial charge in [-0.15, -0.1) is 0 Å². The van der Waals surface area contributed by atoms with Gasteiger partial charge in [-0.25, -0.2) is 4.98 Å². The van der Waals surface area contributed by atoms with Crippen molar-refractivity contribution in [2.75, 3.05) is 19.5 Å². The van der Waals surface area contributed by atoms with Crippen LogP contribution in [0.2, 0.25) is 0 Å². The number of nitrogens with one attached hydrogen (secondary N) is 1. The predicted molar refractivity (Wildman–Crippen MR) is 121 cm³/mol. The Labute approximate surface area is 180 Å². The second-order valence-corrected chi connectivity index (χ2v) is 8.17. The van der Waals surface area contributed by atoms with Gasteiger partial charge in [0.15, 0.2) is 5.16 Å². The first-order valence-electron chi connectivity index (χ1n) is 10.0. The summed E-state index contributed by atoms with van der Waals surface area (Å²) in [5.74, 6) is 0.126. The summed E-state index contributed by atoms with van der Waals surface area (Å²) in [6, 6.07) is 9.99. The molecule has 3 rings (SSSR count). The number of thioether (sulfide) groups is 1. The van der Waals surface area contributed by atoms with Crippen molar-refractivity contribution in [3.8, 4) is 11.1 Å². The summed E-state index contributed by atoms with van der Waals surface area (Å²) in [6.07, 6.45) is 2.79. The second-order valence-electron chi connectivity index (χ2n) is 7.23. The lowest BCUT2D eigenvalue weighted by atomic mass is 10.1. The molecule has 8 heteroatoms. The zero-order valence-electron chi connectivity index (χ0n) is 17.8. The van der Waals surface area contributed by atoms with E-state index in [-0.39, 0.29) is 23.3 Å². The number of carbonyl (C=O) groups excluding carboxylic acids is 1. The van der Waals surface area contributed by atoms with Crippen molar-refractivity contribution in [3.63, 3.8) is 0 Å².